The van der Waals surface area contributed by atoms with Crippen molar-refractivity contribution in [2.24, 2.45) is 0 Å². The van der Waals surface area contributed by atoms with Crippen molar-refractivity contribution in [3.05, 3.63) is 0 Å². The second kappa shape index (κ2) is 13.0. The van der Waals surface area contributed by atoms with Gasteiger partial charge in [-0.2, -0.15) is 12.9 Å². The summed E-state index contributed by atoms with van der Waals surface area (Å²) in [6.45, 7) is 0. The van der Waals surface area contributed by atoms with Crippen LogP contribution in [0.4, 0.5) is 0 Å². The van der Waals surface area contributed by atoms with Crippen molar-refractivity contribution in [2.45, 2.75) is 36.6 Å². The molecule has 0 aromatic heterocycles. The molecule has 40 heavy (non-hydrogen) atoms. The maximum absolute atomic E-state index is 12.1. The number of phosphoric ester groups is 4. The van der Waals surface area contributed by atoms with E-state index < -0.39 is 91.4 Å². The van der Waals surface area contributed by atoms with Crippen molar-refractivity contribution in [2.75, 3.05) is 0 Å². The fraction of sp³-hybridized carbons (Fsp3) is 1.00. The van der Waals surface area contributed by atoms with Crippen molar-refractivity contribution >= 4 is 54.8 Å². The Hall–Kier alpha value is 0.810. The first-order chi connectivity index (χ1) is 17.3. The molecule has 1 aliphatic carbocycles. The Labute approximate surface area is 219 Å². The van der Waals surface area contributed by atoms with E-state index in [1.165, 1.54) is 0 Å². The van der Waals surface area contributed by atoms with Gasteiger partial charge in [0.15, 0.2) is 0 Å². The lowest BCUT2D eigenvalue weighted by atomic mass is 9.85. The Balaban J connectivity index is 3.76. The molecule has 0 heterocycles. The fourth-order valence-electron chi connectivity index (χ4n) is 2.72. The molecule has 27 nitrogen and oxygen atoms in total. The molecule has 9 atom stereocenters. The van der Waals surface area contributed by atoms with E-state index in [2.05, 4.69) is 31.0 Å². The lowest BCUT2D eigenvalue weighted by Crippen LogP contribution is -2.65. The van der Waals surface area contributed by atoms with Crippen LogP contribution in [0.2, 0.25) is 0 Å². The average molecular weight is 740 g/mol. The Bertz CT molecular complexity index is 1230. The largest absolute Gasteiger partial charge is 0.481 e. The number of aliphatic hydroxyl groups excluding tert-OH is 2. The normalized spacial score (nSPS) is 31.6. The van der Waals surface area contributed by atoms with Gasteiger partial charge in [0.1, 0.15) is 36.6 Å². The second-order valence-electron chi connectivity index (χ2n) is 6.87. The third kappa shape index (κ3) is 14.1. The van der Waals surface area contributed by atoms with Crippen molar-refractivity contribution in [1.29, 1.82) is 0 Å². The molecule has 0 aromatic carbocycles. The van der Waals surface area contributed by atoms with Crippen LogP contribution in [0.3, 0.4) is 0 Å². The van der Waals surface area contributed by atoms with Gasteiger partial charge in [-0.25, -0.2) is 32.0 Å². The molecule has 1 fully saturated rings. The maximum atomic E-state index is 12.1. The predicted octanol–water partition coefficient (Wildman–Crippen LogP) is -3.02. The first-order valence-corrected chi connectivity index (χ1v) is 19.4. The zero-order chi connectivity index (χ0) is 31.9. The van der Waals surface area contributed by atoms with Gasteiger partial charge in [-0.1, -0.05) is 0 Å². The van der Waals surface area contributed by atoms with Crippen LogP contribution in [0, 0.1) is 0 Å². The highest BCUT2D eigenvalue weighted by Gasteiger charge is 2.60. The van der Waals surface area contributed by atoms with Gasteiger partial charge < -0.3 is 64.0 Å². The zero-order valence-corrected chi connectivity index (χ0v) is 24.4. The van der Waals surface area contributed by atoms with Crippen LogP contribution in [0.25, 0.3) is 0 Å². The summed E-state index contributed by atoms with van der Waals surface area (Å²) in [6.07, 6.45) is -19.0. The third-order valence-corrected chi connectivity index (χ3v) is 10.7. The molecule has 0 spiro atoms. The van der Waals surface area contributed by atoms with Crippen molar-refractivity contribution < 1.29 is 127 Å². The summed E-state index contributed by atoms with van der Waals surface area (Å²) in [7, 11) is -42.8. The molecule has 1 rings (SSSR count). The van der Waals surface area contributed by atoms with E-state index in [0.717, 1.165) is 0 Å². The second-order valence-corrected chi connectivity index (χ2v) is 16.4. The summed E-state index contributed by atoms with van der Waals surface area (Å²) < 4.78 is 107. The average Bonchev–Trinajstić information content (AvgIpc) is 2.58. The Morgan fingerprint density at radius 2 is 0.600 bits per heavy atom. The van der Waals surface area contributed by atoms with Crippen LogP contribution in [-0.4, -0.2) is 101 Å². The standard InChI is InChI=1S/C6H19O27P7/c7-1-3(28-38(21,22)31-35(12,13)14)2(8)5(29-39(23,24)32-36(15,16)17)6(4(1)27-34(9,10)11)30-40(25,26)33-37(18,19)20/h1-8H,(H,21,22)(H,23,24)(H,25,26)(H2,9,10,11)(H2,12,13,14)(H2,15,16,17)(H2,18,19,20)/t1-,2+,3-,4+,5+,6-/m0/s1. The molecular weight excluding hydrogens is 721 g/mol. The number of hydrogen-bond donors (Lipinski definition) is 13. The van der Waals surface area contributed by atoms with Crippen molar-refractivity contribution in [3.8, 4) is 0 Å². The summed E-state index contributed by atoms with van der Waals surface area (Å²) in [5, 5.41) is 20.9. The number of aliphatic hydroxyl groups is 2. The molecule has 3 unspecified atom stereocenters. The fourth-order valence-corrected chi connectivity index (χ4v) is 8.63. The predicted molar refractivity (Wildman–Crippen MR) is 112 cm³/mol. The molecule has 1 aliphatic rings. The van der Waals surface area contributed by atoms with Gasteiger partial charge in [0.2, 0.25) is 0 Å². The minimum atomic E-state index is -6.32. The first-order valence-electron chi connectivity index (χ1n) is 8.76. The van der Waals surface area contributed by atoms with Gasteiger partial charge in [-0.15, -0.1) is 0 Å². The molecule has 0 amide bonds. The lowest BCUT2D eigenvalue weighted by Gasteiger charge is -2.46. The van der Waals surface area contributed by atoms with Gasteiger partial charge in [0.05, 0.1) is 0 Å². The Morgan fingerprint density at radius 3 is 0.875 bits per heavy atom. The number of rotatable bonds is 14. The molecule has 0 bridgehead atoms. The molecular formula is C6H19O27P7. The van der Waals surface area contributed by atoms with Crippen molar-refractivity contribution in [1.82, 2.24) is 0 Å². The summed E-state index contributed by atoms with van der Waals surface area (Å²) in [5.74, 6) is 0. The quantitative estimate of drug-likeness (QED) is 0.0788. The third-order valence-electron chi connectivity index (χ3n) is 3.65. The van der Waals surface area contributed by atoms with E-state index in [1.807, 2.05) is 0 Å². The van der Waals surface area contributed by atoms with E-state index in [1.54, 1.807) is 0 Å². The molecule has 0 aromatic rings. The van der Waals surface area contributed by atoms with E-state index in [-0.39, 0.29) is 0 Å². The summed E-state index contributed by atoms with van der Waals surface area (Å²) >= 11 is 0. The first kappa shape index (κ1) is 38.8. The minimum Gasteiger partial charge on any atom is -0.387 e. The van der Waals surface area contributed by atoms with Gasteiger partial charge >= 0.3 is 54.8 Å². The lowest BCUT2D eigenvalue weighted by molar-refractivity contribution is -0.208. The van der Waals surface area contributed by atoms with Crippen LogP contribution >= 0.6 is 54.8 Å². The van der Waals surface area contributed by atoms with E-state index in [0.29, 0.717) is 0 Å². The van der Waals surface area contributed by atoms with Gasteiger partial charge in [0.25, 0.3) is 0 Å². The van der Waals surface area contributed by atoms with E-state index >= 15 is 0 Å². The molecule has 0 saturated heterocycles. The highest BCUT2D eigenvalue weighted by atomic mass is 31.3. The van der Waals surface area contributed by atoms with Crippen LogP contribution in [0.15, 0.2) is 0 Å². The van der Waals surface area contributed by atoms with Crippen LogP contribution in [0.1, 0.15) is 0 Å². The van der Waals surface area contributed by atoms with Gasteiger partial charge in [-0.3, -0.25) is 18.1 Å². The minimum absolute atomic E-state index is 3.08. The summed E-state index contributed by atoms with van der Waals surface area (Å²) in [4.78, 5) is 99.3. The zero-order valence-electron chi connectivity index (χ0n) is 18.1. The SMILES string of the molecule is O=P(O)(O)O[C@@H]1[C@@H](O)[C@H](OP(=O)(O)OP(=O)(O)O)[C@@H](O)[C@@H](OP(=O)(O)OP(=O)(O)O)[C@H]1OP(=O)(O)OP(=O)(O)O. The smallest absolute Gasteiger partial charge is 0.387 e. The number of phosphoric acid groups is 7. The molecule has 240 valence electrons. The molecule has 1 saturated carbocycles. The molecule has 34 heteroatoms. The van der Waals surface area contributed by atoms with E-state index in [4.69, 9.17) is 39.1 Å². The van der Waals surface area contributed by atoms with Crippen molar-refractivity contribution in [3.63, 3.8) is 0 Å². The van der Waals surface area contributed by atoms with Gasteiger partial charge in [0, 0.05) is 0 Å². The van der Waals surface area contributed by atoms with Crippen LogP contribution in [0.5, 0.6) is 0 Å². The van der Waals surface area contributed by atoms with Crippen LogP contribution in [-0.2, 0) is 63.0 Å². The Kier molecular flexibility index (Phi) is 12.7. The van der Waals surface area contributed by atoms with Crippen LogP contribution < -0.4 is 0 Å². The number of hydrogen-bond acceptors (Lipinski definition) is 16. The summed E-state index contributed by atoms with van der Waals surface area (Å²) in [5.41, 5.74) is 0. The topological polar surface area (TPSA) is 447 Å². The summed E-state index contributed by atoms with van der Waals surface area (Å²) in [6, 6.07) is 0. The Morgan fingerprint density at radius 1 is 0.350 bits per heavy atom. The molecule has 0 radical (unpaired) electrons. The monoisotopic (exact) mass is 740 g/mol. The molecule has 13 N–H and O–H groups in total. The maximum Gasteiger partial charge on any atom is 0.481 e. The molecule has 0 aliphatic heterocycles. The van der Waals surface area contributed by atoms with E-state index in [9.17, 15) is 56.8 Å². The van der Waals surface area contributed by atoms with Gasteiger partial charge in [-0.05, 0) is 0 Å². The highest BCUT2D eigenvalue weighted by molar-refractivity contribution is 7.61. The highest BCUT2D eigenvalue weighted by Crippen LogP contribution is 2.64.